The zero-order chi connectivity index (χ0) is 16.1. The van der Waals surface area contributed by atoms with E-state index in [4.69, 9.17) is 4.42 Å². The first-order valence-electron chi connectivity index (χ1n) is 7.99. The molecule has 3 rings (SSSR count). The van der Waals surface area contributed by atoms with E-state index in [2.05, 4.69) is 5.32 Å². The number of piperidine rings is 1. The van der Waals surface area contributed by atoms with Crippen LogP contribution < -0.4 is 5.32 Å². The van der Waals surface area contributed by atoms with Gasteiger partial charge in [0.15, 0.2) is 0 Å². The van der Waals surface area contributed by atoms with Crippen molar-refractivity contribution < 1.29 is 12.8 Å². The number of sulfonamides is 1. The molecule has 1 aromatic heterocycles. The molecule has 1 aliphatic heterocycles. The smallest absolute Gasteiger partial charge is 0.243 e. The summed E-state index contributed by atoms with van der Waals surface area (Å²) in [4.78, 5) is 0.411. The first-order valence-corrected chi connectivity index (χ1v) is 9.43. The van der Waals surface area contributed by atoms with Crippen LogP contribution in [0.15, 0.2) is 52.0 Å². The molecule has 0 radical (unpaired) electrons. The Balaban J connectivity index is 1.74. The van der Waals surface area contributed by atoms with E-state index in [1.165, 1.54) is 0 Å². The van der Waals surface area contributed by atoms with Gasteiger partial charge in [0.2, 0.25) is 10.0 Å². The quantitative estimate of drug-likeness (QED) is 0.882. The van der Waals surface area contributed by atoms with Gasteiger partial charge in [-0.3, -0.25) is 0 Å². The normalized spacial score (nSPS) is 16.5. The van der Waals surface area contributed by atoms with Crippen LogP contribution >= 0.6 is 0 Å². The van der Waals surface area contributed by atoms with Crippen LogP contribution in [0.3, 0.4) is 0 Å². The Bertz CT molecular complexity index is 720. The van der Waals surface area contributed by atoms with Gasteiger partial charge >= 0.3 is 0 Å². The maximum atomic E-state index is 12.9. The average Bonchev–Trinajstić information content (AvgIpc) is 3.09. The van der Waals surface area contributed by atoms with E-state index in [1.54, 1.807) is 22.7 Å². The molecule has 23 heavy (non-hydrogen) atoms. The molecular formula is C17H22N2O3S. The van der Waals surface area contributed by atoms with Crippen LogP contribution in [0.2, 0.25) is 0 Å². The summed E-state index contributed by atoms with van der Waals surface area (Å²) in [6.07, 6.45) is 4.63. The molecule has 124 valence electrons. The third kappa shape index (κ3) is 3.83. The van der Waals surface area contributed by atoms with Crippen LogP contribution in [-0.4, -0.2) is 25.8 Å². The van der Waals surface area contributed by atoms with E-state index >= 15 is 0 Å². The number of hydrogen-bond donors (Lipinski definition) is 1. The van der Waals surface area contributed by atoms with E-state index < -0.39 is 10.0 Å². The Morgan fingerprint density at radius 1 is 1.00 bits per heavy atom. The van der Waals surface area contributed by atoms with Crippen molar-refractivity contribution in [1.82, 2.24) is 9.62 Å². The number of furan rings is 1. The van der Waals surface area contributed by atoms with Crippen molar-refractivity contribution in [3.8, 4) is 0 Å². The second-order valence-electron chi connectivity index (χ2n) is 5.76. The van der Waals surface area contributed by atoms with Crippen molar-refractivity contribution in [3.63, 3.8) is 0 Å². The van der Waals surface area contributed by atoms with E-state index in [0.29, 0.717) is 31.1 Å². The molecule has 1 saturated heterocycles. The van der Waals surface area contributed by atoms with Gasteiger partial charge in [0, 0.05) is 19.6 Å². The molecule has 0 unspecified atom stereocenters. The molecule has 0 bridgehead atoms. The van der Waals surface area contributed by atoms with Gasteiger partial charge in [-0.05, 0) is 36.6 Å². The Morgan fingerprint density at radius 2 is 1.78 bits per heavy atom. The molecule has 1 N–H and O–H groups in total. The lowest BCUT2D eigenvalue weighted by molar-refractivity contribution is 0.346. The van der Waals surface area contributed by atoms with Gasteiger partial charge in [0.1, 0.15) is 5.76 Å². The first-order chi connectivity index (χ1) is 11.2. The molecule has 0 spiro atoms. The summed E-state index contributed by atoms with van der Waals surface area (Å²) < 4.78 is 32.6. The highest BCUT2D eigenvalue weighted by Gasteiger charge is 2.27. The van der Waals surface area contributed by atoms with E-state index in [1.807, 2.05) is 24.3 Å². The lowest BCUT2D eigenvalue weighted by Crippen LogP contribution is -2.36. The van der Waals surface area contributed by atoms with Gasteiger partial charge in [-0.25, -0.2) is 8.42 Å². The van der Waals surface area contributed by atoms with Gasteiger partial charge in [-0.2, -0.15) is 4.31 Å². The molecule has 1 aliphatic rings. The highest BCUT2D eigenvalue weighted by Crippen LogP contribution is 2.23. The van der Waals surface area contributed by atoms with Crippen molar-refractivity contribution in [1.29, 1.82) is 0 Å². The van der Waals surface area contributed by atoms with Gasteiger partial charge in [0.25, 0.3) is 0 Å². The summed E-state index contributed by atoms with van der Waals surface area (Å²) in [5.74, 6) is 0.835. The molecule has 1 aromatic carbocycles. The average molecular weight is 334 g/mol. The zero-order valence-electron chi connectivity index (χ0n) is 13.1. The minimum absolute atomic E-state index is 0.411. The minimum Gasteiger partial charge on any atom is -0.468 e. The second kappa shape index (κ2) is 7.29. The van der Waals surface area contributed by atoms with Crippen LogP contribution in [0.4, 0.5) is 0 Å². The number of rotatable bonds is 6. The standard InChI is InChI=1S/C17H22N2O3S/c20-23(21,19-10-4-1-5-11-19)17-9-3-2-7-15(17)13-18-14-16-8-6-12-22-16/h2-3,6-9,12,18H,1,4-5,10-11,13-14H2. The Kier molecular flexibility index (Phi) is 5.15. The molecule has 0 aliphatic carbocycles. The summed E-state index contributed by atoms with van der Waals surface area (Å²) in [7, 11) is -3.41. The Morgan fingerprint density at radius 3 is 2.52 bits per heavy atom. The van der Waals surface area contributed by atoms with Crippen LogP contribution in [-0.2, 0) is 23.1 Å². The van der Waals surface area contributed by atoms with Gasteiger partial charge in [0.05, 0.1) is 17.7 Å². The van der Waals surface area contributed by atoms with Crippen LogP contribution in [0.5, 0.6) is 0 Å². The lowest BCUT2D eigenvalue weighted by atomic mass is 10.2. The molecule has 1 fully saturated rings. The van der Waals surface area contributed by atoms with Crippen LogP contribution in [0.1, 0.15) is 30.6 Å². The van der Waals surface area contributed by atoms with Crippen molar-refractivity contribution in [2.75, 3.05) is 13.1 Å². The number of nitrogens with zero attached hydrogens (tertiary/aromatic N) is 1. The summed E-state index contributed by atoms with van der Waals surface area (Å²) in [5, 5.41) is 3.24. The summed E-state index contributed by atoms with van der Waals surface area (Å²) in [5.41, 5.74) is 0.796. The van der Waals surface area contributed by atoms with Crippen molar-refractivity contribution >= 4 is 10.0 Å². The monoisotopic (exact) mass is 334 g/mol. The number of benzene rings is 1. The molecule has 0 amide bonds. The highest BCUT2D eigenvalue weighted by atomic mass is 32.2. The van der Waals surface area contributed by atoms with Crippen molar-refractivity contribution in [2.45, 2.75) is 37.2 Å². The molecule has 5 nitrogen and oxygen atoms in total. The Labute approximate surface area is 137 Å². The van der Waals surface area contributed by atoms with Crippen molar-refractivity contribution in [3.05, 3.63) is 54.0 Å². The third-order valence-corrected chi connectivity index (χ3v) is 6.10. The molecule has 0 atom stereocenters. The van der Waals surface area contributed by atoms with Gasteiger partial charge < -0.3 is 9.73 Å². The summed E-state index contributed by atoms with van der Waals surface area (Å²) in [6.45, 7) is 2.31. The molecular weight excluding hydrogens is 312 g/mol. The summed E-state index contributed by atoms with van der Waals surface area (Å²) >= 11 is 0. The predicted octanol–water partition coefficient (Wildman–Crippen LogP) is 2.74. The first kappa shape index (κ1) is 16.2. The van der Waals surface area contributed by atoms with Crippen molar-refractivity contribution in [2.24, 2.45) is 0 Å². The highest BCUT2D eigenvalue weighted by molar-refractivity contribution is 7.89. The fourth-order valence-corrected chi connectivity index (χ4v) is 4.62. The molecule has 6 heteroatoms. The largest absolute Gasteiger partial charge is 0.468 e. The number of nitrogens with one attached hydrogen (secondary N) is 1. The molecule has 2 heterocycles. The van der Waals surface area contributed by atoms with E-state index in [9.17, 15) is 8.42 Å². The topological polar surface area (TPSA) is 62.6 Å². The fourth-order valence-electron chi connectivity index (χ4n) is 2.88. The van der Waals surface area contributed by atoms with E-state index in [0.717, 1.165) is 30.6 Å². The maximum Gasteiger partial charge on any atom is 0.243 e. The summed E-state index contributed by atoms with van der Waals surface area (Å²) in [6, 6.07) is 11.0. The second-order valence-corrected chi connectivity index (χ2v) is 7.66. The van der Waals surface area contributed by atoms with Crippen LogP contribution in [0.25, 0.3) is 0 Å². The third-order valence-electron chi connectivity index (χ3n) is 4.10. The predicted molar refractivity (Wildman–Crippen MR) is 88.3 cm³/mol. The van der Waals surface area contributed by atoms with Gasteiger partial charge in [-0.15, -0.1) is 0 Å². The van der Waals surface area contributed by atoms with Gasteiger partial charge in [-0.1, -0.05) is 24.6 Å². The zero-order valence-corrected chi connectivity index (χ0v) is 13.9. The maximum absolute atomic E-state index is 12.9. The number of hydrogen-bond acceptors (Lipinski definition) is 4. The molecule has 0 saturated carbocycles. The SMILES string of the molecule is O=S(=O)(c1ccccc1CNCc1ccco1)N1CCCCC1. The lowest BCUT2D eigenvalue weighted by Gasteiger charge is -2.26. The fraction of sp³-hybridized carbons (Fsp3) is 0.412. The Hall–Kier alpha value is -1.63. The van der Waals surface area contributed by atoms with E-state index in [-0.39, 0.29) is 0 Å². The molecule has 2 aromatic rings. The minimum atomic E-state index is -3.41. The van der Waals surface area contributed by atoms with Crippen LogP contribution in [0, 0.1) is 0 Å².